The van der Waals surface area contributed by atoms with Crippen LogP contribution < -0.4 is 4.74 Å². The van der Waals surface area contributed by atoms with Crippen LogP contribution in [0.25, 0.3) is 0 Å². The van der Waals surface area contributed by atoms with E-state index in [0.717, 1.165) is 24.2 Å². The van der Waals surface area contributed by atoms with Gasteiger partial charge in [-0.05, 0) is 43.5 Å². The average molecular weight is 192 g/mol. The van der Waals surface area contributed by atoms with Crippen molar-refractivity contribution in [3.05, 3.63) is 29.3 Å². The molecule has 0 radical (unpaired) electrons. The number of carboxylic acids is 1. The lowest BCUT2D eigenvalue weighted by Crippen LogP contribution is -2.19. The molecule has 1 aliphatic heterocycles. The van der Waals surface area contributed by atoms with Gasteiger partial charge in [0.05, 0.1) is 11.7 Å². The molecule has 3 heteroatoms. The zero-order chi connectivity index (χ0) is 10.1. The smallest absolute Gasteiger partial charge is 0.335 e. The first-order valence-electron chi connectivity index (χ1n) is 4.69. The van der Waals surface area contributed by atoms with Crippen molar-refractivity contribution in [1.82, 2.24) is 0 Å². The predicted octanol–water partition coefficient (Wildman–Crippen LogP) is 2.10. The number of aromatic carboxylic acids is 1. The Morgan fingerprint density at radius 3 is 3.07 bits per heavy atom. The van der Waals surface area contributed by atoms with Crippen molar-refractivity contribution in [1.29, 1.82) is 0 Å². The summed E-state index contributed by atoms with van der Waals surface area (Å²) < 4.78 is 5.57. The van der Waals surface area contributed by atoms with Gasteiger partial charge in [-0.25, -0.2) is 4.79 Å². The summed E-state index contributed by atoms with van der Waals surface area (Å²) in [7, 11) is 0. The molecule has 0 spiro atoms. The second kappa shape index (κ2) is 3.33. The summed E-state index contributed by atoms with van der Waals surface area (Å²) in [6, 6.07) is 5.02. The first-order valence-corrected chi connectivity index (χ1v) is 4.69. The van der Waals surface area contributed by atoms with E-state index in [1.807, 2.05) is 6.92 Å². The molecule has 1 aromatic rings. The van der Waals surface area contributed by atoms with Crippen LogP contribution in [-0.4, -0.2) is 17.2 Å². The summed E-state index contributed by atoms with van der Waals surface area (Å²) in [5.74, 6) is -0.0554. The highest BCUT2D eigenvalue weighted by Crippen LogP contribution is 2.28. The molecule has 0 saturated heterocycles. The van der Waals surface area contributed by atoms with Gasteiger partial charge in [0.15, 0.2) is 0 Å². The van der Waals surface area contributed by atoms with Gasteiger partial charge in [-0.3, -0.25) is 0 Å². The molecule has 74 valence electrons. The van der Waals surface area contributed by atoms with Crippen LogP contribution in [0.5, 0.6) is 5.75 Å². The van der Waals surface area contributed by atoms with Crippen LogP contribution in [0.2, 0.25) is 0 Å². The van der Waals surface area contributed by atoms with E-state index in [2.05, 4.69) is 0 Å². The largest absolute Gasteiger partial charge is 0.490 e. The number of rotatable bonds is 1. The molecule has 1 aliphatic rings. The lowest BCUT2D eigenvalue weighted by atomic mass is 10.0. The maximum atomic E-state index is 10.7. The lowest BCUT2D eigenvalue weighted by molar-refractivity contribution is 0.0696. The first kappa shape index (κ1) is 9.06. The van der Waals surface area contributed by atoms with E-state index in [9.17, 15) is 4.79 Å². The minimum atomic E-state index is -0.883. The van der Waals surface area contributed by atoms with Gasteiger partial charge in [0.25, 0.3) is 0 Å². The van der Waals surface area contributed by atoms with Crippen LogP contribution in [0.3, 0.4) is 0 Å². The van der Waals surface area contributed by atoms with E-state index in [1.54, 1.807) is 18.2 Å². The molecule has 0 aromatic heterocycles. The zero-order valence-corrected chi connectivity index (χ0v) is 7.99. The third-order valence-corrected chi connectivity index (χ3v) is 2.46. The molecular weight excluding hydrogens is 180 g/mol. The Kier molecular flexibility index (Phi) is 2.15. The van der Waals surface area contributed by atoms with Crippen LogP contribution in [0.15, 0.2) is 18.2 Å². The molecule has 1 atom stereocenters. The van der Waals surface area contributed by atoms with Crippen molar-refractivity contribution in [2.45, 2.75) is 25.9 Å². The Morgan fingerprint density at radius 1 is 1.57 bits per heavy atom. The van der Waals surface area contributed by atoms with Gasteiger partial charge < -0.3 is 9.84 Å². The topological polar surface area (TPSA) is 46.5 Å². The fraction of sp³-hybridized carbons (Fsp3) is 0.364. The van der Waals surface area contributed by atoms with Crippen molar-refractivity contribution in [2.75, 3.05) is 0 Å². The van der Waals surface area contributed by atoms with Gasteiger partial charge in [-0.15, -0.1) is 0 Å². The lowest BCUT2D eigenvalue weighted by Gasteiger charge is -2.23. The number of hydrogen-bond acceptors (Lipinski definition) is 2. The van der Waals surface area contributed by atoms with Crippen LogP contribution in [0, 0.1) is 0 Å². The highest BCUT2D eigenvalue weighted by Gasteiger charge is 2.17. The molecule has 1 heterocycles. The minimum absolute atomic E-state index is 0.234. The summed E-state index contributed by atoms with van der Waals surface area (Å²) in [5, 5.41) is 8.80. The van der Waals surface area contributed by atoms with Crippen LogP contribution >= 0.6 is 0 Å². The molecule has 0 saturated carbocycles. The van der Waals surface area contributed by atoms with Gasteiger partial charge in [0.1, 0.15) is 5.75 Å². The molecule has 2 rings (SSSR count). The van der Waals surface area contributed by atoms with Gasteiger partial charge in [0, 0.05) is 0 Å². The summed E-state index contributed by atoms with van der Waals surface area (Å²) in [5.41, 5.74) is 1.34. The SMILES string of the molecule is CC1CCc2cc(C(=O)O)ccc2O1. The van der Waals surface area contributed by atoms with Crippen molar-refractivity contribution >= 4 is 5.97 Å². The molecule has 0 fully saturated rings. The number of ether oxygens (including phenoxy) is 1. The van der Waals surface area contributed by atoms with E-state index in [-0.39, 0.29) is 6.10 Å². The molecule has 1 aromatic carbocycles. The van der Waals surface area contributed by atoms with Crippen LogP contribution in [-0.2, 0) is 6.42 Å². The Bertz CT molecular complexity index is 371. The number of benzene rings is 1. The highest BCUT2D eigenvalue weighted by molar-refractivity contribution is 5.88. The standard InChI is InChI=1S/C11H12O3/c1-7-2-3-8-6-9(11(12)13)4-5-10(8)14-7/h4-7H,2-3H2,1H3,(H,12,13). The number of aryl methyl sites for hydroxylation is 1. The summed E-state index contributed by atoms with van der Waals surface area (Å²) >= 11 is 0. The van der Waals surface area contributed by atoms with Gasteiger partial charge in [-0.2, -0.15) is 0 Å². The molecule has 14 heavy (non-hydrogen) atoms. The Hall–Kier alpha value is -1.51. The van der Waals surface area contributed by atoms with Gasteiger partial charge in [0.2, 0.25) is 0 Å². The monoisotopic (exact) mass is 192 g/mol. The fourth-order valence-electron chi connectivity index (χ4n) is 1.66. The molecule has 1 unspecified atom stereocenters. The second-order valence-corrected chi connectivity index (χ2v) is 3.59. The molecule has 0 bridgehead atoms. The van der Waals surface area contributed by atoms with Gasteiger partial charge in [-0.1, -0.05) is 0 Å². The highest BCUT2D eigenvalue weighted by atomic mass is 16.5. The summed E-state index contributed by atoms with van der Waals surface area (Å²) in [6.45, 7) is 2.02. The van der Waals surface area contributed by atoms with E-state index >= 15 is 0 Å². The normalized spacial score (nSPS) is 19.6. The zero-order valence-electron chi connectivity index (χ0n) is 7.99. The summed E-state index contributed by atoms with van der Waals surface area (Å²) in [6.07, 6.45) is 2.09. The van der Waals surface area contributed by atoms with E-state index < -0.39 is 5.97 Å². The van der Waals surface area contributed by atoms with E-state index in [0.29, 0.717) is 5.56 Å². The van der Waals surface area contributed by atoms with Crippen molar-refractivity contribution in [3.8, 4) is 5.75 Å². The summed E-state index contributed by atoms with van der Waals surface area (Å²) in [4.78, 5) is 10.7. The molecule has 3 nitrogen and oxygen atoms in total. The molecule has 0 amide bonds. The minimum Gasteiger partial charge on any atom is -0.490 e. The maximum Gasteiger partial charge on any atom is 0.335 e. The van der Waals surface area contributed by atoms with E-state index in [4.69, 9.17) is 9.84 Å². The first-order chi connectivity index (χ1) is 6.66. The number of carbonyl (C=O) groups is 1. The number of fused-ring (bicyclic) bond motifs is 1. The Morgan fingerprint density at radius 2 is 2.36 bits per heavy atom. The number of carboxylic acid groups (broad SMARTS) is 1. The Balaban J connectivity index is 2.36. The van der Waals surface area contributed by atoms with E-state index in [1.165, 1.54) is 0 Å². The van der Waals surface area contributed by atoms with Crippen molar-refractivity contribution in [2.24, 2.45) is 0 Å². The van der Waals surface area contributed by atoms with Crippen molar-refractivity contribution in [3.63, 3.8) is 0 Å². The third kappa shape index (κ3) is 1.58. The van der Waals surface area contributed by atoms with Crippen molar-refractivity contribution < 1.29 is 14.6 Å². The fourth-order valence-corrected chi connectivity index (χ4v) is 1.66. The van der Waals surface area contributed by atoms with Crippen LogP contribution in [0.1, 0.15) is 29.3 Å². The van der Waals surface area contributed by atoms with Gasteiger partial charge >= 0.3 is 5.97 Å². The molecular formula is C11H12O3. The molecule has 0 aliphatic carbocycles. The Labute approximate surface area is 82.3 Å². The average Bonchev–Trinajstić information content (AvgIpc) is 2.16. The quantitative estimate of drug-likeness (QED) is 0.741. The maximum absolute atomic E-state index is 10.7. The second-order valence-electron chi connectivity index (χ2n) is 3.59. The third-order valence-electron chi connectivity index (χ3n) is 2.46. The molecule has 1 N–H and O–H groups in total. The number of hydrogen-bond donors (Lipinski definition) is 1. The van der Waals surface area contributed by atoms with Crippen LogP contribution in [0.4, 0.5) is 0 Å². The predicted molar refractivity (Wildman–Crippen MR) is 51.8 cm³/mol.